The number of fused-ring (bicyclic) bond motifs is 3. The first-order valence-electron chi connectivity index (χ1n) is 7.75. The Morgan fingerprint density at radius 1 is 1.21 bits per heavy atom. The summed E-state index contributed by atoms with van der Waals surface area (Å²) in [6, 6.07) is 10.2. The van der Waals surface area contributed by atoms with E-state index in [4.69, 9.17) is 0 Å². The number of halogens is 1. The highest BCUT2D eigenvalue weighted by Crippen LogP contribution is 2.54. The Labute approximate surface area is 147 Å². The summed E-state index contributed by atoms with van der Waals surface area (Å²) in [7, 11) is 0. The lowest BCUT2D eigenvalue weighted by molar-refractivity contribution is -0.384. The number of nitrogens with zero attached hydrogens (tertiary/aromatic N) is 1. The zero-order valence-electron chi connectivity index (χ0n) is 12.6. The smallest absolute Gasteiger partial charge is 0.269 e. The average Bonchev–Trinajstić information content (AvgIpc) is 3.07. The number of phenolic OH excluding ortho intramolecular Hbond substituents is 1. The van der Waals surface area contributed by atoms with Crippen LogP contribution in [0.15, 0.2) is 53.0 Å². The maximum Gasteiger partial charge on any atom is 0.269 e. The second-order valence-corrected chi connectivity index (χ2v) is 7.03. The van der Waals surface area contributed by atoms with E-state index in [0.29, 0.717) is 5.92 Å². The SMILES string of the molecule is O=[N+]([O-])c1ccc([C@@H]2Nc3c(O)ccc(Br)c3[C@@H]3C=CC[C@@H]32)cc1. The monoisotopic (exact) mass is 386 g/mol. The first-order chi connectivity index (χ1) is 11.6. The maximum atomic E-state index is 10.9. The summed E-state index contributed by atoms with van der Waals surface area (Å²) in [6.45, 7) is 0. The predicted octanol–water partition coefficient (Wildman–Crippen LogP) is 4.89. The lowest BCUT2D eigenvalue weighted by Gasteiger charge is -2.38. The van der Waals surface area contributed by atoms with Gasteiger partial charge in [-0.1, -0.05) is 40.2 Å². The van der Waals surface area contributed by atoms with Crippen LogP contribution in [0.3, 0.4) is 0 Å². The molecule has 0 unspecified atom stereocenters. The van der Waals surface area contributed by atoms with Gasteiger partial charge in [0.2, 0.25) is 0 Å². The van der Waals surface area contributed by atoms with Gasteiger partial charge in [-0.05, 0) is 30.0 Å². The molecule has 0 fully saturated rings. The van der Waals surface area contributed by atoms with Gasteiger partial charge in [0.05, 0.1) is 16.7 Å². The van der Waals surface area contributed by atoms with Gasteiger partial charge < -0.3 is 10.4 Å². The lowest BCUT2D eigenvalue weighted by Crippen LogP contribution is -2.29. The van der Waals surface area contributed by atoms with Crippen LogP contribution in [0.2, 0.25) is 0 Å². The number of hydrogen-bond acceptors (Lipinski definition) is 4. The van der Waals surface area contributed by atoms with Crippen LogP contribution in [0.1, 0.15) is 29.5 Å². The molecule has 3 atom stereocenters. The number of anilines is 1. The third-order valence-electron chi connectivity index (χ3n) is 4.91. The van der Waals surface area contributed by atoms with Crippen molar-refractivity contribution < 1.29 is 10.0 Å². The molecule has 0 radical (unpaired) electrons. The highest BCUT2D eigenvalue weighted by molar-refractivity contribution is 9.10. The lowest BCUT2D eigenvalue weighted by atomic mass is 9.77. The predicted molar refractivity (Wildman–Crippen MR) is 95.3 cm³/mol. The van der Waals surface area contributed by atoms with E-state index in [1.807, 2.05) is 6.07 Å². The van der Waals surface area contributed by atoms with Crippen molar-refractivity contribution in [3.63, 3.8) is 0 Å². The molecule has 1 aliphatic heterocycles. The van der Waals surface area contributed by atoms with Gasteiger partial charge in [0.1, 0.15) is 5.75 Å². The van der Waals surface area contributed by atoms with Crippen molar-refractivity contribution in [1.29, 1.82) is 0 Å². The number of benzene rings is 2. The molecule has 24 heavy (non-hydrogen) atoms. The van der Waals surface area contributed by atoms with E-state index < -0.39 is 4.92 Å². The van der Waals surface area contributed by atoms with Crippen molar-refractivity contribution in [2.45, 2.75) is 18.4 Å². The van der Waals surface area contributed by atoms with Gasteiger partial charge in [0.25, 0.3) is 5.69 Å². The van der Waals surface area contributed by atoms with Crippen LogP contribution in [-0.2, 0) is 0 Å². The molecule has 0 aromatic heterocycles. The summed E-state index contributed by atoms with van der Waals surface area (Å²) in [5.74, 6) is 0.749. The number of aromatic hydroxyl groups is 1. The van der Waals surface area contributed by atoms with Crippen molar-refractivity contribution in [2.75, 3.05) is 5.32 Å². The topological polar surface area (TPSA) is 75.4 Å². The molecule has 1 heterocycles. The van der Waals surface area contributed by atoms with Crippen molar-refractivity contribution in [3.8, 4) is 5.75 Å². The third-order valence-corrected chi connectivity index (χ3v) is 5.60. The Hall–Kier alpha value is -2.34. The van der Waals surface area contributed by atoms with Gasteiger partial charge in [-0.3, -0.25) is 10.1 Å². The van der Waals surface area contributed by atoms with Crippen molar-refractivity contribution in [2.24, 2.45) is 5.92 Å². The van der Waals surface area contributed by atoms with Gasteiger partial charge in [-0.25, -0.2) is 0 Å². The normalized spacial score (nSPS) is 24.1. The summed E-state index contributed by atoms with van der Waals surface area (Å²) < 4.78 is 0.978. The quantitative estimate of drug-likeness (QED) is 0.333. The Balaban J connectivity index is 1.78. The zero-order valence-corrected chi connectivity index (χ0v) is 14.2. The fraction of sp³-hybridized carbons (Fsp3) is 0.222. The first-order valence-corrected chi connectivity index (χ1v) is 8.54. The number of hydrogen-bond donors (Lipinski definition) is 2. The molecular weight excluding hydrogens is 372 g/mol. The number of nitro benzene ring substituents is 1. The average molecular weight is 387 g/mol. The Morgan fingerprint density at radius 2 is 1.96 bits per heavy atom. The van der Waals surface area contributed by atoms with Crippen LogP contribution in [-0.4, -0.2) is 10.0 Å². The summed E-state index contributed by atoms with van der Waals surface area (Å²) in [6.07, 6.45) is 5.29. The molecule has 6 heteroatoms. The highest BCUT2D eigenvalue weighted by Gasteiger charge is 2.40. The second kappa shape index (κ2) is 5.63. The molecule has 2 aromatic rings. The van der Waals surface area contributed by atoms with Gasteiger partial charge in [-0.15, -0.1) is 0 Å². The van der Waals surface area contributed by atoms with E-state index in [2.05, 4.69) is 33.4 Å². The summed E-state index contributed by atoms with van der Waals surface area (Å²) in [5, 5.41) is 24.6. The molecule has 2 N–H and O–H groups in total. The standard InChI is InChI=1S/C18H15BrN2O3/c19-14-8-9-15(22)18-16(14)12-2-1-3-13(12)17(20-18)10-4-6-11(7-5-10)21(23)24/h1-2,4-9,12-13,17,20,22H,3H2/t12-,13+,17+/m1/s1. The van der Waals surface area contributed by atoms with Crippen molar-refractivity contribution >= 4 is 27.3 Å². The van der Waals surface area contributed by atoms with Gasteiger partial charge >= 0.3 is 0 Å². The van der Waals surface area contributed by atoms with Gasteiger partial charge in [-0.2, -0.15) is 0 Å². The van der Waals surface area contributed by atoms with Crippen LogP contribution < -0.4 is 5.32 Å². The van der Waals surface area contributed by atoms with Crippen molar-refractivity contribution in [1.82, 2.24) is 0 Å². The summed E-state index contributed by atoms with van der Waals surface area (Å²) >= 11 is 3.59. The van der Waals surface area contributed by atoms with Crippen molar-refractivity contribution in [3.05, 3.63) is 74.3 Å². The van der Waals surface area contributed by atoms with E-state index >= 15 is 0 Å². The van der Waals surface area contributed by atoms with Gasteiger partial charge in [0.15, 0.2) is 0 Å². The van der Waals surface area contributed by atoms with Gasteiger partial charge in [0, 0.05) is 28.1 Å². The number of phenols is 1. The molecule has 0 bridgehead atoms. The first kappa shape index (κ1) is 15.2. The molecule has 1 aliphatic carbocycles. The maximum absolute atomic E-state index is 10.9. The minimum Gasteiger partial charge on any atom is -0.506 e. The Bertz CT molecular complexity index is 848. The third kappa shape index (κ3) is 2.29. The van der Waals surface area contributed by atoms with Crippen LogP contribution in [0.5, 0.6) is 5.75 Å². The van der Waals surface area contributed by atoms with Crippen LogP contribution in [0, 0.1) is 16.0 Å². The molecule has 2 aromatic carbocycles. The Morgan fingerprint density at radius 3 is 2.67 bits per heavy atom. The minimum absolute atomic E-state index is 0.00139. The summed E-state index contributed by atoms with van der Waals surface area (Å²) in [5.41, 5.74) is 2.89. The summed E-state index contributed by atoms with van der Waals surface area (Å²) in [4.78, 5) is 10.5. The number of rotatable bonds is 2. The molecule has 0 amide bonds. The largest absolute Gasteiger partial charge is 0.506 e. The number of nitro groups is 1. The molecule has 5 nitrogen and oxygen atoms in total. The zero-order chi connectivity index (χ0) is 16.8. The van der Waals surface area contributed by atoms with Crippen LogP contribution in [0.25, 0.3) is 0 Å². The number of nitrogens with one attached hydrogen (secondary N) is 1. The fourth-order valence-corrected chi connectivity index (χ4v) is 4.38. The highest BCUT2D eigenvalue weighted by atomic mass is 79.9. The second-order valence-electron chi connectivity index (χ2n) is 6.18. The molecule has 0 saturated heterocycles. The van der Waals surface area contributed by atoms with E-state index in [1.165, 1.54) is 12.1 Å². The van der Waals surface area contributed by atoms with E-state index in [-0.39, 0.29) is 23.4 Å². The Kier molecular flexibility index (Phi) is 3.57. The number of non-ortho nitro benzene ring substituents is 1. The molecule has 4 rings (SSSR count). The molecular formula is C18H15BrN2O3. The van der Waals surface area contributed by atoms with E-state index in [9.17, 15) is 15.2 Å². The molecule has 0 spiro atoms. The van der Waals surface area contributed by atoms with E-state index in [0.717, 1.165) is 27.7 Å². The molecule has 122 valence electrons. The molecule has 2 aliphatic rings. The van der Waals surface area contributed by atoms with Crippen LogP contribution >= 0.6 is 15.9 Å². The molecule has 0 saturated carbocycles. The van der Waals surface area contributed by atoms with Crippen LogP contribution in [0.4, 0.5) is 11.4 Å². The van der Waals surface area contributed by atoms with E-state index in [1.54, 1.807) is 18.2 Å². The minimum atomic E-state index is -0.393. The number of allylic oxidation sites excluding steroid dienone is 2. The fourth-order valence-electron chi connectivity index (χ4n) is 3.78.